The molecule has 0 radical (unpaired) electrons. The summed E-state index contributed by atoms with van der Waals surface area (Å²) >= 11 is 0. The quantitative estimate of drug-likeness (QED) is 0.663. The summed E-state index contributed by atoms with van der Waals surface area (Å²) < 4.78 is 33.1. The summed E-state index contributed by atoms with van der Waals surface area (Å²) in [6, 6.07) is 5.05. The molecule has 1 amide bonds. The van der Waals surface area contributed by atoms with Gasteiger partial charge in [0.25, 0.3) is 0 Å². The van der Waals surface area contributed by atoms with E-state index in [1.54, 1.807) is 32.2 Å². The van der Waals surface area contributed by atoms with E-state index in [1.807, 2.05) is 0 Å². The maximum absolute atomic E-state index is 12.9. The second-order valence-corrected chi connectivity index (χ2v) is 8.98. The Morgan fingerprint density at radius 2 is 2.00 bits per heavy atom. The van der Waals surface area contributed by atoms with Gasteiger partial charge in [0.05, 0.1) is 16.9 Å². The summed E-state index contributed by atoms with van der Waals surface area (Å²) in [4.78, 5) is 13.1. The summed E-state index contributed by atoms with van der Waals surface area (Å²) in [5.74, 6) is -0.122. The summed E-state index contributed by atoms with van der Waals surface area (Å²) in [6.45, 7) is 3.62. The van der Waals surface area contributed by atoms with E-state index in [0.717, 1.165) is 25.9 Å². The van der Waals surface area contributed by atoms with Gasteiger partial charge in [-0.2, -0.15) is 0 Å². The number of anilines is 1. The lowest BCUT2D eigenvalue weighted by atomic mass is 9.78. The first-order valence-corrected chi connectivity index (χ1v) is 10.5. The molecule has 2 aliphatic rings. The zero-order valence-corrected chi connectivity index (χ0v) is 16.1. The van der Waals surface area contributed by atoms with Crippen molar-refractivity contribution in [1.82, 2.24) is 10.0 Å². The molecule has 144 valence electrons. The van der Waals surface area contributed by atoms with Gasteiger partial charge in [-0.3, -0.25) is 4.79 Å². The molecule has 1 aliphatic carbocycles. The van der Waals surface area contributed by atoms with E-state index in [2.05, 4.69) is 15.4 Å². The highest BCUT2D eigenvalue weighted by Crippen LogP contribution is 2.32. The number of carbonyl (C=O) groups is 1. The van der Waals surface area contributed by atoms with Crippen molar-refractivity contribution >= 4 is 21.6 Å². The van der Waals surface area contributed by atoms with Crippen LogP contribution >= 0.6 is 0 Å². The van der Waals surface area contributed by atoms with Gasteiger partial charge in [-0.05, 0) is 63.4 Å². The zero-order valence-electron chi connectivity index (χ0n) is 15.3. The Bertz CT molecular complexity index is 763. The summed E-state index contributed by atoms with van der Waals surface area (Å²) in [5.41, 5.74) is 0.561. The third-order valence-corrected chi connectivity index (χ3v) is 6.76. The monoisotopic (exact) mass is 381 g/mol. The summed E-state index contributed by atoms with van der Waals surface area (Å²) in [7, 11) is -1.98. The van der Waals surface area contributed by atoms with Gasteiger partial charge in [-0.25, -0.2) is 13.1 Å². The van der Waals surface area contributed by atoms with Gasteiger partial charge in [-0.15, -0.1) is 0 Å². The van der Waals surface area contributed by atoms with E-state index >= 15 is 0 Å². The van der Waals surface area contributed by atoms with Crippen LogP contribution in [0, 0.1) is 12.3 Å². The van der Waals surface area contributed by atoms with Crippen molar-refractivity contribution in [3.63, 3.8) is 0 Å². The van der Waals surface area contributed by atoms with Crippen molar-refractivity contribution in [2.24, 2.45) is 5.41 Å². The second kappa shape index (κ2) is 7.64. The Labute approximate surface area is 154 Å². The number of piperidine rings is 1. The number of aryl methyl sites for hydroxylation is 1. The van der Waals surface area contributed by atoms with Gasteiger partial charge in [-0.1, -0.05) is 6.07 Å². The predicted octanol–water partition coefficient (Wildman–Crippen LogP) is 1.39. The van der Waals surface area contributed by atoms with Gasteiger partial charge < -0.3 is 15.4 Å². The van der Waals surface area contributed by atoms with Crippen LogP contribution in [0.1, 0.15) is 31.2 Å². The average Bonchev–Trinajstić information content (AvgIpc) is 3.41. The fourth-order valence-electron chi connectivity index (χ4n) is 3.33. The highest BCUT2D eigenvalue weighted by Gasteiger charge is 2.39. The minimum atomic E-state index is -3.57. The molecule has 1 aliphatic heterocycles. The number of ether oxygens (including phenoxy) is 1. The van der Waals surface area contributed by atoms with Gasteiger partial charge in [0.2, 0.25) is 15.9 Å². The number of carbonyl (C=O) groups excluding carboxylic acids is 1. The molecule has 0 spiro atoms. The first-order valence-electron chi connectivity index (χ1n) is 9.00. The van der Waals surface area contributed by atoms with Crippen molar-refractivity contribution in [1.29, 1.82) is 0 Å². The average molecular weight is 381 g/mol. The molecule has 1 saturated heterocycles. The smallest absolute Gasteiger partial charge is 0.241 e. The fraction of sp³-hybridized carbons (Fsp3) is 0.611. The lowest BCUT2D eigenvalue weighted by Gasteiger charge is -2.35. The van der Waals surface area contributed by atoms with E-state index in [0.29, 0.717) is 30.7 Å². The molecule has 26 heavy (non-hydrogen) atoms. The lowest BCUT2D eigenvalue weighted by molar-refractivity contribution is -0.130. The predicted molar refractivity (Wildman–Crippen MR) is 99.6 cm³/mol. The second-order valence-electron chi connectivity index (χ2n) is 7.29. The van der Waals surface area contributed by atoms with Gasteiger partial charge >= 0.3 is 0 Å². The number of methoxy groups -OCH3 is 1. The van der Waals surface area contributed by atoms with E-state index in [1.165, 1.54) is 0 Å². The Kier molecular flexibility index (Phi) is 5.67. The van der Waals surface area contributed by atoms with Gasteiger partial charge in [0.15, 0.2) is 0 Å². The van der Waals surface area contributed by atoms with Crippen LogP contribution in [-0.4, -0.2) is 47.2 Å². The molecule has 3 rings (SSSR count). The molecule has 1 saturated carbocycles. The molecule has 0 bridgehead atoms. The number of hydrogen-bond acceptors (Lipinski definition) is 5. The van der Waals surface area contributed by atoms with Gasteiger partial charge in [0, 0.05) is 18.8 Å². The van der Waals surface area contributed by atoms with Crippen molar-refractivity contribution in [2.45, 2.75) is 43.5 Å². The van der Waals surface area contributed by atoms with E-state index < -0.39 is 15.4 Å². The molecule has 1 aromatic carbocycles. The fourth-order valence-corrected chi connectivity index (χ4v) is 4.91. The highest BCUT2D eigenvalue weighted by atomic mass is 32.2. The van der Waals surface area contributed by atoms with Crippen molar-refractivity contribution in [3.8, 4) is 0 Å². The maximum Gasteiger partial charge on any atom is 0.241 e. The van der Waals surface area contributed by atoms with Crippen LogP contribution < -0.4 is 15.4 Å². The summed E-state index contributed by atoms with van der Waals surface area (Å²) in [5, 5.41) is 6.16. The summed E-state index contributed by atoms with van der Waals surface area (Å²) in [6.07, 6.45) is 3.13. The van der Waals surface area contributed by atoms with E-state index in [-0.39, 0.29) is 16.8 Å². The molecule has 3 N–H and O–H groups in total. The van der Waals surface area contributed by atoms with Crippen LogP contribution in [0.15, 0.2) is 23.1 Å². The molecule has 8 heteroatoms. The molecular formula is C18H27N3O4S. The molecule has 1 heterocycles. The van der Waals surface area contributed by atoms with Crippen molar-refractivity contribution < 1.29 is 17.9 Å². The number of amides is 1. The minimum Gasteiger partial charge on any atom is -0.384 e. The van der Waals surface area contributed by atoms with E-state index in [4.69, 9.17) is 4.74 Å². The number of benzene rings is 1. The number of rotatable bonds is 7. The molecule has 0 aromatic heterocycles. The normalized spacial score (nSPS) is 19.9. The van der Waals surface area contributed by atoms with Crippen molar-refractivity contribution in [2.75, 3.05) is 32.1 Å². The van der Waals surface area contributed by atoms with Crippen LogP contribution in [0.25, 0.3) is 0 Å². The minimum absolute atomic E-state index is 0.0392. The molecule has 2 fully saturated rings. The first-order chi connectivity index (χ1) is 12.4. The van der Waals surface area contributed by atoms with Crippen LogP contribution in [-0.2, 0) is 19.6 Å². The third kappa shape index (κ3) is 4.25. The lowest BCUT2D eigenvalue weighted by Crippen LogP contribution is -2.47. The molecular weight excluding hydrogens is 354 g/mol. The molecule has 0 unspecified atom stereocenters. The third-order valence-electron chi connectivity index (χ3n) is 5.10. The van der Waals surface area contributed by atoms with E-state index in [9.17, 15) is 13.2 Å². The SMILES string of the molecule is COCC1(C(=O)Nc2ccc(C)c(S(=O)(=O)NC3CC3)c2)CCNCC1. The zero-order chi connectivity index (χ0) is 18.8. The first kappa shape index (κ1) is 19.3. The maximum atomic E-state index is 12.9. The van der Waals surface area contributed by atoms with Crippen molar-refractivity contribution in [3.05, 3.63) is 23.8 Å². The topological polar surface area (TPSA) is 96.5 Å². The Balaban J connectivity index is 1.81. The van der Waals surface area contributed by atoms with Crippen LogP contribution in [0.2, 0.25) is 0 Å². The van der Waals surface area contributed by atoms with Crippen LogP contribution in [0.3, 0.4) is 0 Å². The molecule has 1 aromatic rings. The number of sulfonamides is 1. The largest absolute Gasteiger partial charge is 0.384 e. The Morgan fingerprint density at radius 3 is 2.62 bits per heavy atom. The standard InChI is InChI=1S/C18H27N3O4S/c1-13-3-4-15(11-16(13)26(23,24)21-14-5-6-14)20-17(22)18(12-25-2)7-9-19-10-8-18/h3-4,11,14,19,21H,5-10,12H2,1-2H3,(H,20,22). The number of nitrogens with one attached hydrogen (secondary N) is 3. The Morgan fingerprint density at radius 1 is 1.31 bits per heavy atom. The van der Waals surface area contributed by atoms with Crippen LogP contribution in [0.4, 0.5) is 5.69 Å². The molecule has 0 atom stereocenters. The highest BCUT2D eigenvalue weighted by molar-refractivity contribution is 7.89. The van der Waals surface area contributed by atoms with Crippen LogP contribution in [0.5, 0.6) is 0 Å². The Hall–Kier alpha value is -1.48. The number of hydrogen-bond donors (Lipinski definition) is 3. The molecule has 7 nitrogen and oxygen atoms in total. The van der Waals surface area contributed by atoms with Gasteiger partial charge in [0.1, 0.15) is 0 Å².